The molecule has 9 rings (SSSR count). The van der Waals surface area contributed by atoms with E-state index in [9.17, 15) is 0 Å². The first-order valence-electron chi connectivity index (χ1n) is 14.2. The van der Waals surface area contributed by atoms with E-state index < -0.39 is 0 Å². The molecule has 0 fully saturated rings. The van der Waals surface area contributed by atoms with Gasteiger partial charge in [-0.15, -0.1) is 0 Å². The molecule has 190 valence electrons. The van der Waals surface area contributed by atoms with Crippen LogP contribution in [0.2, 0.25) is 0 Å². The molecule has 6 aromatic carbocycles. The fourth-order valence-electron chi connectivity index (χ4n) is 7.05. The van der Waals surface area contributed by atoms with E-state index in [1.54, 1.807) is 0 Å². The largest absolute Gasteiger partial charge is 0.458 e. The van der Waals surface area contributed by atoms with Gasteiger partial charge in [-0.3, -0.25) is 0 Å². The molecular formula is C36H24B2N2O. The van der Waals surface area contributed by atoms with Crippen molar-refractivity contribution in [2.45, 2.75) is 0 Å². The van der Waals surface area contributed by atoms with Gasteiger partial charge in [0.25, 0.3) is 6.71 Å². The number of benzene rings is 6. The summed E-state index contributed by atoms with van der Waals surface area (Å²) in [4.78, 5) is 4.97. The molecule has 0 bridgehead atoms. The minimum absolute atomic E-state index is 0.00246. The fraction of sp³-hybridized carbons (Fsp3) is 0. The van der Waals surface area contributed by atoms with E-state index in [2.05, 4.69) is 155 Å². The molecule has 0 saturated carbocycles. The van der Waals surface area contributed by atoms with Gasteiger partial charge in [0.2, 0.25) is 0 Å². The lowest BCUT2D eigenvalue weighted by Gasteiger charge is -2.36. The van der Waals surface area contributed by atoms with Crippen LogP contribution in [0.15, 0.2) is 146 Å². The number of fused-ring (bicyclic) bond motifs is 10. The predicted octanol–water partition coefficient (Wildman–Crippen LogP) is 5.97. The Labute approximate surface area is 240 Å². The van der Waals surface area contributed by atoms with Crippen molar-refractivity contribution >= 4 is 58.3 Å². The molecule has 0 spiro atoms. The molecule has 5 heteroatoms. The molecule has 0 saturated heterocycles. The first kappa shape index (κ1) is 22.6. The zero-order valence-electron chi connectivity index (χ0n) is 22.3. The SMILES string of the molecule is c1ccc(B2c3ccccc3Oc3cc(N4B5c6ccccc6-c6ccccc6N5c5ccccc54)ccc32)cc1. The van der Waals surface area contributed by atoms with Crippen molar-refractivity contribution in [2.75, 3.05) is 9.62 Å². The Balaban J connectivity index is 1.24. The Morgan fingerprint density at radius 1 is 0.439 bits per heavy atom. The van der Waals surface area contributed by atoms with Crippen molar-refractivity contribution in [1.82, 2.24) is 0 Å². The van der Waals surface area contributed by atoms with Crippen molar-refractivity contribution in [3.05, 3.63) is 146 Å². The summed E-state index contributed by atoms with van der Waals surface area (Å²) < 4.78 is 6.64. The van der Waals surface area contributed by atoms with Gasteiger partial charge in [-0.25, -0.2) is 0 Å². The molecule has 3 nitrogen and oxygen atoms in total. The molecule has 0 unspecified atom stereocenters. The molecule has 6 aromatic rings. The third kappa shape index (κ3) is 3.23. The van der Waals surface area contributed by atoms with Crippen LogP contribution in [-0.4, -0.2) is 13.7 Å². The van der Waals surface area contributed by atoms with E-state index in [1.165, 1.54) is 50.0 Å². The van der Waals surface area contributed by atoms with Crippen molar-refractivity contribution in [1.29, 1.82) is 0 Å². The maximum Gasteiger partial charge on any atom is 0.421 e. The monoisotopic (exact) mass is 522 g/mol. The Hall–Kier alpha value is -5.15. The van der Waals surface area contributed by atoms with E-state index in [1.807, 2.05) is 0 Å². The van der Waals surface area contributed by atoms with E-state index in [-0.39, 0.29) is 13.7 Å². The summed E-state index contributed by atoms with van der Waals surface area (Å²) in [7, 11) is 0. The summed E-state index contributed by atoms with van der Waals surface area (Å²) in [6, 6.07) is 52.3. The maximum atomic E-state index is 6.64. The second kappa shape index (κ2) is 8.67. The van der Waals surface area contributed by atoms with Gasteiger partial charge in [0.15, 0.2) is 0 Å². The highest BCUT2D eigenvalue weighted by atomic mass is 16.5. The molecular weight excluding hydrogens is 498 g/mol. The van der Waals surface area contributed by atoms with Crippen molar-refractivity contribution in [3.63, 3.8) is 0 Å². The standard InChI is InChI=1S/C36H24B2N2O/c1-2-12-25(13-3-1)37-30-17-7-11-21-35(30)41-36-24-26(22-23-31(36)37)39-33-19-9-10-20-34(33)40-32-18-8-5-15-28(32)27-14-4-6-16-29(27)38(39)40/h1-24H. The average molecular weight is 522 g/mol. The molecule has 0 aromatic heterocycles. The van der Waals surface area contributed by atoms with Crippen LogP contribution in [0, 0.1) is 0 Å². The van der Waals surface area contributed by atoms with Crippen LogP contribution in [0.4, 0.5) is 22.7 Å². The molecule has 0 aliphatic carbocycles. The summed E-state index contributed by atoms with van der Waals surface area (Å²) in [5.74, 6) is 1.84. The average Bonchev–Trinajstić information content (AvgIpc) is 3.40. The highest BCUT2D eigenvalue weighted by Gasteiger charge is 2.48. The molecule has 0 atom stereocenters. The van der Waals surface area contributed by atoms with Crippen LogP contribution in [0.5, 0.6) is 11.5 Å². The quantitative estimate of drug-likeness (QED) is 0.260. The number of ether oxygens (including phenoxy) is 1. The van der Waals surface area contributed by atoms with Crippen molar-refractivity contribution in [2.24, 2.45) is 0 Å². The number of hydrogen-bond donors (Lipinski definition) is 0. The van der Waals surface area contributed by atoms with E-state index >= 15 is 0 Å². The topological polar surface area (TPSA) is 15.7 Å². The minimum atomic E-state index is -0.00246. The lowest BCUT2D eigenvalue weighted by molar-refractivity contribution is 0.487. The van der Waals surface area contributed by atoms with Gasteiger partial charge in [0.1, 0.15) is 11.5 Å². The zero-order valence-corrected chi connectivity index (χ0v) is 22.3. The van der Waals surface area contributed by atoms with Gasteiger partial charge in [0.05, 0.1) is 11.4 Å². The smallest absolute Gasteiger partial charge is 0.421 e. The molecule has 41 heavy (non-hydrogen) atoms. The highest BCUT2D eigenvalue weighted by molar-refractivity contribution is 6.97. The van der Waals surface area contributed by atoms with Crippen LogP contribution < -0.4 is 36.2 Å². The van der Waals surface area contributed by atoms with Gasteiger partial charge in [-0.2, -0.15) is 0 Å². The van der Waals surface area contributed by atoms with E-state index in [0.29, 0.717) is 0 Å². The van der Waals surface area contributed by atoms with Crippen LogP contribution in [0.1, 0.15) is 0 Å². The number of anilines is 4. The normalized spacial score (nSPS) is 13.9. The van der Waals surface area contributed by atoms with Crippen LogP contribution >= 0.6 is 0 Å². The lowest BCUT2D eigenvalue weighted by atomic mass is 9.36. The number of nitrogens with zero attached hydrogens (tertiary/aromatic N) is 2. The number of hydrogen-bond acceptors (Lipinski definition) is 3. The Kier molecular flexibility index (Phi) is 4.79. The molecule has 3 aliphatic heterocycles. The van der Waals surface area contributed by atoms with Crippen LogP contribution in [0.25, 0.3) is 11.1 Å². The van der Waals surface area contributed by atoms with Crippen molar-refractivity contribution in [3.8, 4) is 22.6 Å². The van der Waals surface area contributed by atoms with E-state index in [4.69, 9.17) is 4.74 Å². The third-order valence-corrected chi connectivity index (χ3v) is 8.75. The first-order chi connectivity index (χ1) is 20.4. The maximum absolute atomic E-state index is 6.64. The predicted molar refractivity (Wildman–Crippen MR) is 172 cm³/mol. The minimum Gasteiger partial charge on any atom is -0.458 e. The summed E-state index contributed by atoms with van der Waals surface area (Å²) in [5.41, 5.74) is 12.3. The van der Waals surface area contributed by atoms with Crippen LogP contribution in [0.3, 0.4) is 0 Å². The first-order valence-corrected chi connectivity index (χ1v) is 14.2. The van der Waals surface area contributed by atoms with Crippen molar-refractivity contribution < 1.29 is 4.74 Å². The van der Waals surface area contributed by atoms with Crippen LogP contribution in [-0.2, 0) is 0 Å². The lowest BCUT2D eigenvalue weighted by Crippen LogP contribution is -2.56. The van der Waals surface area contributed by atoms with E-state index in [0.717, 1.165) is 17.2 Å². The van der Waals surface area contributed by atoms with Gasteiger partial charge in [-0.05, 0) is 52.3 Å². The molecule has 3 aliphatic rings. The Morgan fingerprint density at radius 3 is 1.88 bits per heavy atom. The summed E-state index contributed by atoms with van der Waals surface area (Å²) in [6.45, 7) is 0.118. The summed E-state index contributed by atoms with van der Waals surface area (Å²) >= 11 is 0. The van der Waals surface area contributed by atoms with Gasteiger partial charge in [-0.1, -0.05) is 115 Å². The molecule has 3 heterocycles. The Morgan fingerprint density at radius 2 is 1.05 bits per heavy atom. The Bertz CT molecular complexity index is 1970. The third-order valence-electron chi connectivity index (χ3n) is 8.75. The van der Waals surface area contributed by atoms with Gasteiger partial charge >= 0.3 is 6.98 Å². The fourth-order valence-corrected chi connectivity index (χ4v) is 7.05. The second-order valence-corrected chi connectivity index (χ2v) is 10.9. The zero-order chi connectivity index (χ0) is 26.9. The number of para-hydroxylation sites is 4. The molecule has 0 N–H and O–H groups in total. The molecule has 0 amide bonds. The summed E-state index contributed by atoms with van der Waals surface area (Å²) in [6.07, 6.45) is 0. The summed E-state index contributed by atoms with van der Waals surface area (Å²) in [5, 5.41) is 0. The number of rotatable bonds is 2. The molecule has 0 radical (unpaired) electrons. The van der Waals surface area contributed by atoms with Gasteiger partial charge in [0, 0.05) is 23.0 Å². The van der Waals surface area contributed by atoms with Gasteiger partial charge < -0.3 is 14.4 Å². The second-order valence-electron chi connectivity index (χ2n) is 10.9. The highest BCUT2D eigenvalue weighted by Crippen LogP contribution is 2.51.